The summed E-state index contributed by atoms with van der Waals surface area (Å²) in [5.41, 5.74) is -4.58. The summed E-state index contributed by atoms with van der Waals surface area (Å²) >= 11 is 1.37. The van der Waals surface area contributed by atoms with Crippen LogP contribution in [0.4, 0.5) is 0 Å². The average molecular weight is 394 g/mol. The van der Waals surface area contributed by atoms with Crippen molar-refractivity contribution in [2.45, 2.75) is 24.5 Å². The number of benzene rings is 1. The molecular weight excluding hydrogens is 372 g/mol. The normalized spacial score (nSPS) is 21.3. The van der Waals surface area contributed by atoms with E-state index in [-0.39, 0.29) is 17.5 Å². The first-order valence-corrected chi connectivity index (χ1v) is 9.57. The molecule has 2 rings (SSSR count). The number of nitrogens with one attached hydrogen (secondary N) is 1. The summed E-state index contributed by atoms with van der Waals surface area (Å²) < 4.78 is 4.88. The van der Waals surface area contributed by atoms with Crippen molar-refractivity contribution >= 4 is 35.5 Å². The zero-order valence-electron chi connectivity index (χ0n) is 15.6. The van der Waals surface area contributed by atoms with Crippen molar-refractivity contribution in [1.29, 1.82) is 0 Å². The van der Waals surface area contributed by atoms with Gasteiger partial charge in [-0.25, -0.2) is 4.79 Å². The van der Waals surface area contributed by atoms with Crippen LogP contribution in [0.25, 0.3) is 0 Å². The SMILES string of the molecule is COC(=O)[C@@](CCSC)(NC(C)=O)[C@]1(O)C(=O)N(C)C(=O)c2ccccc21. The molecule has 1 aromatic carbocycles. The van der Waals surface area contributed by atoms with Crippen molar-refractivity contribution in [3.05, 3.63) is 35.4 Å². The number of likely N-dealkylation sites (N-methyl/N-ethyl adjacent to an activating group) is 1. The predicted molar refractivity (Wildman–Crippen MR) is 99.0 cm³/mol. The fourth-order valence-electron chi connectivity index (χ4n) is 3.39. The van der Waals surface area contributed by atoms with Crippen molar-refractivity contribution in [3.63, 3.8) is 0 Å². The van der Waals surface area contributed by atoms with E-state index < -0.39 is 34.8 Å². The molecule has 0 aliphatic carbocycles. The molecule has 1 aromatic rings. The number of imide groups is 1. The Hall–Kier alpha value is -2.39. The van der Waals surface area contributed by atoms with E-state index >= 15 is 0 Å². The van der Waals surface area contributed by atoms with Gasteiger partial charge in [-0.2, -0.15) is 11.8 Å². The lowest BCUT2D eigenvalue weighted by Crippen LogP contribution is -2.73. The Morgan fingerprint density at radius 1 is 1.33 bits per heavy atom. The van der Waals surface area contributed by atoms with Crippen LogP contribution in [0.2, 0.25) is 0 Å². The topological polar surface area (TPSA) is 113 Å². The molecule has 1 aliphatic heterocycles. The van der Waals surface area contributed by atoms with Gasteiger partial charge >= 0.3 is 5.97 Å². The highest BCUT2D eigenvalue weighted by atomic mass is 32.2. The number of aliphatic hydroxyl groups is 1. The molecule has 8 nitrogen and oxygen atoms in total. The van der Waals surface area contributed by atoms with Crippen LogP contribution in [-0.2, 0) is 24.7 Å². The van der Waals surface area contributed by atoms with Crippen molar-refractivity contribution in [2.24, 2.45) is 0 Å². The number of hydrogen-bond donors (Lipinski definition) is 2. The smallest absolute Gasteiger partial charge is 0.335 e. The molecule has 0 bridgehead atoms. The average Bonchev–Trinajstić information content (AvgIpc) is 2.66. The van der Waals surface area contributed by atoms with Crippen LogP contribution < -0.4 is 5.32 Å². The van der Waals surface area contributed by atoms with Gasteiger partial charge in [0.15, 0.2) is 5.54 Å². The molecule has 2 N–H and O–H groups in total. The zero-order valence-corrected chi connectivity index (χ0v) is 16.4. The number of esters is 1. The number of thioether (sulfide) groups is 1. The van der Waals surface area contributed by atoms with E-state index in [0.717, 1.165) is 12.0 Å². The van der Waals surface area contributed by atoms with Crippen LogP contribution in [0.1, 0.15) is 29.3 Å². The Balaban J connectivity index is 2.87. The quantitative estimate of drug-likeness (QED) is 0.527. The number of ether oxygens (including phenoxy) is 1. The minimum atomic E-state index is -2.51. The number of carbonyl (C=O) groups is 4. The summed E-state index contributed by atoms with van der Waals surface area (Å²) in [6.07, 6.45) is 1.70. The maximum absolute atomic E-state index is 13.1. The summed E-state index contributed by atoms with van der Waals surface area (Å²) in [6, 6.07) is 5.98. The highest BCUT2D eigenvalue weighted by molar-refractivity contribution is 7.98. The van der Waals surface area contributed by atoms with Gasteiger partial charge in [-0.15, -0.1) is 0 Å². The monoisotopic (exact) mass is 394 g/mol. The molecule has 0 saturated carbocycles. The van der Waals surface area contributed by atoms with Gasteiger partial charge in [-0.1, -0.05) is 18.2 Å². The second-order valence-corrected chi connectivity index (χ2v) is 7.23. The molecule has 9 heteroatoms. The molecule has 2 atom stereocenters. The standard InChI is InChI=1S/C18H22N2O6S/c1-11(21)19-17(9-10-27-4,16(24)26-3)18(25)13-8-6-5-7-12(13)14(22)20(2)15(18)23/h5-8,25H,9-10H2,1-4H3,(H,19,21)/t17-,18-/m1/s1. The fourth-order valence-corrected chi connectivity index (χ4v) is 3.90. The Kier molecular flexibility index (Phi) is 5.96. The Bertz CT molecular complexity index is 798. The third-order valence-electron chi connectivity index (χ3n) is 4.69. The van der Waals surface area contributed by atoms with Crippen molar-refractivity contribution in [1.82, 2.24) is 10.2 Å². The van der Waals surface area contributed by atoms with Crippen LogP contribution in [-0.4, -0.2) is 65.4 Å². The fraction of sp³-hybridized carbons (Fsp3) is 0.444. The van der Waals surface area contributed by atoms with Gasteiger partial charge in [0.1, 0.15) is 0 Å². The zero-order chi connectivity index (χ0) is 20.4. The molecule has 0 radical (unpaired) electrons. The Labute approximate surface area is 161 Å². The molecule has 1 aliphatic rings. The minimum Gasteiger partial charge on any atom is -0.467 e. The molecule has 3 amide bonds. The number of amides is 3. The van der Waals surface area contributed by atoms with Gasteiger partial charge in [0.25, 0.3) is 11.8 Å². The molecule has 0 fully saturated rings. The van der Waals surface area contributed by atoms with Gasteiger partial charge in [0, 0.05) is 25.1 Å². The lowest BCUT2D eigenvalue weighted by Gasteiger charge is -2.47. The maximum atomic E-state index is 13.1. The van der Waals surface area contributed by atoms with Crippen molar-refractivity contribution in [2.75, 3.05) is 26.2 Å². The molecule has 0 saturated heterocycles. The molecule has 0 aromatic heterocycles. The van der Waals surface area contributed by atoms with Crippen LogP contribution in [0.3, 0.4) is 0 Å². The highest BCUT2D eigenvalue weighted by Gasteiger charge is 2.66. The summed E-state index contributed by atoms with van der Waals surface area (Å²) in [5, 5.41) is 14.2. The van der Waals surface area contributed by atoms with Gasteiger partial charge in [0.2, 0.25) is 11.5 Å². The van der Waals surface area contributed by atoms with E-state index in [1.807, 2.05) is 0 Å². The molecule has 27 heavy (non-hydrogen) atoms. The van der Waals surface area contributed by atoms with Gasteiger partial charge in [0.05, 0.1) is 7.11 Å². The number of rotatable bonds is 6. The van der Waals surface area contributed by atoms with E-state index in [9.17, 15) is 24.3 Å². The summed E-state index contributed by atoms with van der Waals surface area (Å²) in [7, 11) is 2.32. The minimum absolute atomic E-state index is 0.0432. The van der Waals surface area contributed by atoms with Gasteiger partial charge < -0.3 is 15.2 Å². The lowest BCUT2D eigenvalue weighted by atomic mass is 9.68. The van der Waals surface area contributed by atoms with E-state index in [4.69, 9.17) is 4.74 Å². The first-order valence-electron chi connectivity index (χ1n) is 8.17. The highest BCUT2D eigenvalue weighted by Crippen LogP contribution is 2.43. The van der Waals surface area contributed by atoms with E-state index in [0.29, 0.717) is 5.75 Å². The molecule has 0 unspecified atom stereocenters. The first-order chi connectivity index (χ1) is 12.7. The van der Waals surface area contributed by atoms with Crippen LogP contribution in [0.5, 0.6) is 0 Å². The number of nitrogens with zero attached hydrogens (tertiary/aromatic N) is 1. The summed E-state index contributed by atoms with van der Waals surface area (Å²) in [4.78, 5) is 51.2. The number of hydrogen-bond acceptors (Lipinski definition) is 7. The van der Waals surface area contributed by atoms with Crippen LogP contribution in [0, 0.1) is 0 Å². The largest absolute Gasteiger partial charge is 0.467 e. The maximum Gasteiger partial charge on any atom is 0.335 e. The third-order valence-corrected chi connectivity index (χ3v) is 5.30. The predicted octanol–water partition coefficient (Wildman–Crippen LogP) is 0.287. The van der Waals surface area contributed by atoms with Crippen molar-refractivity contribution in [3.8, 4) is 0 Å². The molecule has 0 spiro atoms. The Morgan fingerprint density at radius 3 is 2.52 bits per heavy atom. The Morgan fingerprint density at radius 2 is 1.96 bits per heavy atom. The van der Waals surface area contributed by atoms with Gasteiger partial charge in [-0.3, -0.25) is 19.3 Å². The molecule has 146 valence electrons. The number of fused-ring (bicyclic) bond motifs is 1. The number of carbonyl (C=O) groups excluding carboxylic acids is 4. The summed E-state index contributed by atoms with van der Waals surface area (Å²) in [5.74, 6) is -2.87. The van der Waals surface area contributed by atoms with Crippen LogP contribution >= 0.6 is 11.8 Å². The molecule has 1 heterocycles. The summed E-state index contributed by atoms with van der Waals surface area (Å²) in [6.45, 7) is 1.17. The van der Waals surface area contributed by atoms with E-state index in [2.05, 4.69) is 5.32 Å². The lowest BCUT2D eigenvalue weighted by molar-refractivity contribution is -0.180. The second kappa shape index (κ2) is 7.69. The van der Waals surface area contributed by atoms with Crippen molar-refractivity contribution < 1.29 is 29.0 Å². The van der Waals surface area contributed by atoms with Crippen LogP contribution in [0.15, 0.2) is 24.3 Å². The molecular formula is C18H22N2O6S. The van der Waals surface area contributed by atoms with Gasteiger partial charge in [-0.05, 0) is 24.5 Å². The van der Waals surface area contributed by atoms with E-state index in [1.165, 1.54) is 37.9 Å². The first kappa shape index (κ1) is 20.9. The van der Waals surface area contributed by atoms with E-state index in [1.54, 1.807) is 18.4 Å². The number of methoxy groups -OCH3 is 1. The second-order valence-electron chi connectivity index (χ2n) is 6.25. The third kappa shape index (κ3) is 3.10.